The first-order valence-electron chi connectivity index (χ1n) is 6.94. The number of furan rings is 1. The molecule has 3 rings (SSSR count). The topological polar surface area (TPSA) is 72.1 Å². The molecule has 0 radical (unpaired) electrons. The maximum absolute atomic E-state index is 10.1. The van der Waals surface area contributed by atoms with Crippen LogP contribution in [-0.4, -0.2) is 29.2 Å². The third kappa shape index (κ3) is 2.50. The molecule has 112 valence electrons. The van der Waals surface area contributed by atoms with E-state index in [1.165, 1.54) is 0 Å². The molecule has 1 aromatic carbocycles. The Kier molecular flexibility index (Phi) is 3.61. The molecule has 2 N–H and O–H groups in total. The number of benzene rings is 1. The number of fused-ring (bicyclic) bond motifs is 2. The van der Waals surface area contributed by atoms with Crippen LogP contribution in [0.3, 0.4) is 0 Å². The highest BCUT2D eigenvalue weighted by Gasteiger charge is 2.26. The van der Waals surface area contributed by atoms with Gasteiger partial charge in [0.25, 0.3) is 0 Å². The third-order valence-corrected chi connectivity index (χ3v) is 3.52. The van der Waals surface area contributed by atoms with E-state index in [-0.39, 0.29) is 5.92 Å². The molecule has 0 saturated heterocycles. The summed E-state index contributed by atoms with van der Waals surface area (Å²) in [5.74, 6) is 0.714. The van der Waals surface area contributed by atoms with Crippen LogP contribution < -0.4 is 9.47 Å². The Morgan fingerprint density at radius 1 is 1.29 bits per heavy atom. The average Bonchev–Trinajstić information content (AvgIpc) is 2.94. The van der Waals surface area contributed by atoms with Gasteiger partial charge in [-0.15, -0.1) is 0 Å². The predicted molar refractivity (Wildman–Crippen MR) is 78.2 cm³/mol. The van der Waals surface area contributed by atoms with Crippen LogP contribution >= 0.6 is 0 Å². The van der Waals surface area contributed by atoms with E-state index < -0.39 is 12.4 Å². The average molecular weight is 290 g/mol. The van der Waals surface area contributed by atoms with E-state index in [4.69, 9.17) is 13.9 Å². The number of hydrogen-bond acceptors (Lipinski definition) is 5. The summed E-state index contributed by atoms with van der Waals surface area (Å²) >= 11 is 0. The van der Waals surface area contributed by atoms with Crippen LogP contribution in [0.15, 0.2) is 28.9 Å². The Labute approximate surface area is 122 Å². The largest absolute Gasteiger partial charge is 0.485 e. The van der Waals surface area contributed by atoms with Crippen LogP contribution in [0.25, 0.3) is 17.0 Å². The summed E-state index contributed by atoms with van der Waals surface area (Å²) in [7, 11) is 0. The molecular weight excluding hydrogens is 272 g/mol. The van der Waals surface area contributed by atoms with E-state index >= 15 is 0 Å². The normalized spacial score (nSPS) is 16.6. The van der Waals surface area contributed by atoms with Gasteiger partial charge in [-0.25, -0.2) is 0 Å². The van der Waals surface area contributed by atoms with E-state index in [9.17, 15) is 10.2 Å². The maximum Gasteiger partial charge on any atom is 0.224 e. The predicted octanol–water partition coefficient (Wildman–Crippen LogP) is 2.55. The number of aliphatic hydroxyl groups excluding tert-OH is 2. The number of hydrogen-bond donors (Lipinski definition) is 2. The van der Waals surface area contributed by atoms with Gasteiger partial charge in [0.2, 0.25) is 12.0 Å². The molecule has 0 amide bonds. The first-order valence-corrected chi connectivity index (χ1v) is 6.94. The molecule has 1 aliphatic rings. The van der Waals surface area contributed by atoms with Crippen molar-refractivity contribution in [3.8, 4) is 11.5 Å². The molecule has 2 aromatic rings. The zero-order valence-electron chi connectivity index (χ0n) is 11.9. The van der Waals surface area contributed by atoms with E-state index in [0.29, 0.717) is 23.7 Å². The summed E-state index contributed by atoms with van der Waals surface area (Å²) in [6, 6.07) is 3.75. The molecular formula is C16H18O5. The molecule has 5 heteroatoms. The fourth-order valence-corrected chi connectivity index (χ4v) is 2.29. The lowest BCUT2D eigenvalue weighted by atomic mass is 10.1. The molecule has 0 unspecified atom stereocenters. The van der Waals surface area contributed by atoms with Gasteiger partial charge >= 0.3 is 0 Å². The number of aliphatic hydroxyl groups is 2. The molecule has 21 heavy (non-hydrogen) atoms. The fraction of sp³-hybridized carbons (Fsp3) is 0.375. The van der Waals surface area contributed by atoms with Gasteiger partial charge in [-0.2, -0.15) is 0 Å². The van der Waals surface area contributed by atoms with Crippen LogP contribution in [0.1, 0.15) is 19.4 Å². The Balaban J connectivity index is 2.04. The summed E-state index contributed by atoms with van der Waals surface area (Å²) in [5, 5.41) is 20.8. The minimum absolute atomic E-state index is 0.132. The summed E-state index contributed by atoms with van der Waals surface area (Å²) < 4.78 is 16.6. The Hall–Kier alpha value is -1.98. The zero-order chi connectivity index (χ0) is 15.0. The summed E-state index contributed by atoms with van der Waals surface area (Å²) in [4.78, 5) is 0. The fourth-order valence-electron chi connectivity index (χ4n) is 2.29. The molecule has 0 fully saturated rings. The molecule has 2 atom stereocenters. The van der Waals surface area contributed by atoms with Gasteiger partial charge in [0.15, 0.2) is 11.3 Å². The molecule has 0 bridgehead atoms. The highest BCUT2D eigenvalue weighted by atomic mass is 16.6. The highest BCUT2D eigenvalue weighted by molar-refractivity contribution is 5.90. The van der Waals surface area contributed by atoms with Gasteiger partial charge < -0.3 is 24.1 Å². The van der Waals surface area contributed by atoms with Gasteiger partial charge in [-0.05, 0) is 24.1 Å². The smallest absolute Gasteiger partial charge is 0.224 e. The first-order chi connectivity index (χ1) is 10.1. The summed E-state index contributed by atoms with van der Waals surface area (Å²) in [5.41, 5.74) is 1.36. The van der Waals surface area contributed by atoms with Crippen molar-refractivity contribution >= 4 is 17.0 Å². The number of ether oxygens (including phenoxy) is 2. The highest BCUT2D eigenvalue weighted by Crippen LogP contribution is 2.42. The minimum atomic E-state index is -1.35. The van der Waals surface area contributed by atoms with Crippen molar-refractivity contribution in [2.24, 2.45) is 5.92 Å². The van der Waals surface area contributed by atoms with Crippen molar-refractivity contribution in [1.29, 1.82) is 0 Å². The van der Waals surface area contributed by atoms with Gasteiger partial charge in [0, 0.05) is 10.9 Å². The minimum Gasteiger partial charge on any atom is -0.485 e. The van der Waals surface area contributed by atoms with Gasteiger partial charge in [-0.3, -0.25) is 0 Å². The molecule has 2 heterocycles. The molecule has 0 spiro atoms. The van der Waals surface area contributed by atoms with Crippen molar-refractivity contribution in [2.75, 3.05) is 6.61 Å². The standard InChI is InChI=1S/C16H18O5/c1-9(2)12(17)16(18)21-15-13-10(4-3-6-19-13)8-11-5-7-20-14(11)15/h3-5,7-9,12,16-18H,6H2,1-2H3/t12-,16-/m0/s1. The van der Waals surface area contributed by atoms with Crippen molar-refractivity contribution in [3.05, 3.63) is 30.0 Å². The lowest BCUT2D eigenvalue weighted by Gasteiger charge is -2.24. The van der Waals surface area contributed by atoms with Gasteiger partial charge in [-0.1, -0.05) is 19.9 Å². The van der Waals surface area contributed by atoms with Gasteiger partial charge in [0.05, 0.1) is 6.26 Å². The monoisotopic (exact) mass is 290 g/mol. The van der Waals surface area contributed by atoms with E-state index in [1.54, 1.807) is 20.1 Å². The van der Waals surface area contributed by atoms with Crippen molar-refractivity contribution in [3.63, 3.8) is 0 Å². The summed E-state index contributed by atoms with van der Waals surface area (Å²) in [6.07, 6.45) is 3.04. The lowest BCUT2D eigenvalue weighted by Crippen LogP contribution is -2.35. The SMILES string of the molecule is CC(C)[C@H](O)[C@@H](O)Oc1c2c(cc3ccoc13)C=CCO2. The molecule has 5 nitrogen and oxygen atoms in total. The third-order valence-electron chi connectivity index (χ3n) is 3.52. The van der Waals surface area contributed by atoms with Crippen molar-refractivity contribution in [1.82, 2.24) is 0 Å². The second-order valence-corrected chi connectivity index (χ2v) is 5.42. The second kappa shape index (κ2) is 5.42. The molecule has 0 saturated carbocycles. The van der Waals surface area contributed by atoms with E-state index in [1.807, 2.05) is 24.3 Å². The van der Waals surface area contributed by atoms with E-state index in [2.05, 4.69) is 0 Å². The molecule has 0 aliphatic carbocycles. The lowest BCUT2D eigenvalue weighted by molar-refractivity contribution is -0.119. The van der Waals surface area contributed by atoms with Crippen LogP contribution in [-0.2, 0) is 0 Å². The van der Waals surface area contributed by atoms with Crippen LogP contribution in [0.4, 0.5) is 0 Å². The quantitative estimate of drug-likeness (QED) is 0.847. The zero-order valence-corrected chi connectivity index (χ0v) is 11.9. The maximum atomic E-state index is 10.1. The Morgan fingerprint density at radius 2 is 2.10 bits per heavy atom. The van der Waals surface area contributed by atoms with Crippen molar-refractivity contribution in [2.45, 2.75) is 26.2 Å². The van der Waals surface area contributed by atoms with Crippen LogP contribution in [0.5, 0.6) is 11.5 Å². The summed E-state index contributed by atoms with van der Waals surface area (Å²) in [6.45, 7) is 4.04. The van der Waals surface area contributed by atoms with Crippen LogP contribution in [0, 0.1) is 5.92 Å². The first kappa shape index (κ1) is 14.0. The molecule has 1 aliphatic heterocycles. The van der Waals surface area contributed by atoms with E-state index in [0.717, 1.165) is 10.9 Å². The molecule has 1 aromatic heterocycles. The Morgan fingerprint density at radius 3 is 2.86 bits per heavy atom. The second-order valence-electron chi connectivity index (χ2n) is 5.42. The Bertz CT molecular complexity index is 671. The van der Waals surface area contributed by atoms with Crippen LogP contribution in [0.2, 0.25) is 0 Å². The number of rotatable bonds is 4. The van der Waals surface area contributed by atoms with Crippen molar-refractivity contribution < 1.29 is 24.1 Å². The van der Waals surface area contributed by atoms with Gasteiger partial charge in [0.1, 0.15) is 12.7 Å².